The van der Waals surface area contributed by atoms with Crippen molar-refractivity contribution in [1.82, 2.24) is 5.43 Å². The van der Waals surface area contributed by atoms with Crippen molar-refractivity contribution in [2.45, 2.75) is 20.0 Å². The van der Waals surface area contributed by atoms with Gasteiger partial charge in [-0.1, -0.05) is 29.8 Å². The van der Waals surface area contributed by atoms with E-state index in [1.54, 1.807) is 12.1 Å². The lowest BCUT2D eigenvalue weighted by Crippen LogP contribution is -2.24. The molecule has 0 atom stereocenters. The summed E-state index contributed by atoms with van der Waals surface area (Å²) in [6.45, 7) is 2.51. The molecule has 6 nitrogen and oxygen atoms in total. The number of nitrogens with zero attached hydrogens (tertiary/aromatic N) is 1. The molecule has 3 aromatic carbocycles. The number of aryl methyl sites for hydroxylation is 1. The number of carbonyl (C=O) groups excluding carboxylic acids is 2. The van der Waals surface area contributed by atoms with Gasteiger partial charge in [0.15, 0.2) is 0 Å². The zero-order valence-electron chi connectivity index (χ0n) is 17.0. The molecule has 0 saturated heterocycles. The van der Waals surface area contributed by atoms with Gasteiger partial charge >= 0.3 is 0 Å². The Balaban J connectivity index is 1.41. The van der Waals surface area contributed by atoms with Gasteiger partial charge in [-0.3, -0.25) is 9.59 Å². The predicted octanol–water partition coefficient (Wildman–Crippen LogP) is 4.19. The van der Waals surface area contributed by atoms with Crippen LogP contribution in [-0.2, 0) is 16.2 Å². The van der Waals surface area contributed by atoms with Crippen LogP contribution < -0.4 is 15.5 Å². The van der Waals surface area contributed by atoms with Crippen molar-refractivity contribution in [2.75, 3.05) is 5.32 Å². The molecule has 0 aliphatic carbocycles. The summed E-state index contributed by atoms with van der Waals surface area (Å²) in [4.78, 5) is 23.6. The summed E-state index contributed by atoms with van der Waals surface area (Å²) in [5.41, 5.74) is 5.76. The van der Waals surface area contributed by atoms with Gasteiger partial charge in [-0.25, -0.2) is 9.82 Å². The van der Waals surface area contributed by atoms with Gasteiger partial charge in [0.1, 0.15) is 24.6 Å². The standard InChI is InChI=1S/C24H22FN3O3/c1-17-2-4-19(5-3-17)16-31-22-12-6-18(7-13-22)15-26-28-24(30)14-23(29)27-21-10-8-20(25)9-11-21/h2-13,15H,14,16H2,1H3,(H,27,29)(H,28,30). The molecule has 0 fully saturated rings. The molecule has 0 saturated carbocycles. The normalized spacial score (nSPS) is 10.6. The molecule has 158 valence electrons. The highest BCUT2D eigenvalue weighted by Gasteiger charge is 2.09. The van der Waals surface area contributed by atoms with Crippen LogP contribution in [0.2, 0.25) is 0 Å². The maximum absolute atomic E-state index is 12.9. The van der Waals surface area contributed by atoms with Crippen LogP contribution in [0.15, 0.2) is 77.9 Å². The lowest BCUT2D eigenvalue weighted by Gasteiger charge is -2.07. The third-order valence-electron chi connectivity index (χ3n) is 4.26. The average molecular weight is 419 g/mol. The molecule has 31 heavy (non-hydrogen) atoms. The Kier molecular flexibility index (Phi) is 7.48. The molecule has 7 heteroatoms. The van der Waals surface area contributed by atoms with E-state index in [-0.39, 0.29) is 0 Å². The third kappa shape index (κ3) is 7.40. The largest absolute Gasteiger partial charge is 0.489 e. The molecular weight excluding hydrogens is 397 g/mol. The molecule has 0 aliphatic heterocycles. The van der Waals surface area contributed by atoms with E-state index in [1.165, 1.54) is 36.0 Å². The minimum Gasteiger partial charge on any atom is -0.489 e. The number of ether oxygens (including phenoxy) is 1. The second-order valence-electron chi connectivity index (χ2n) is 6.87. The van der Waals surface area contributed by atoms with Gasteiger partial charge in [0.05, 0.1) is 6.21 Å². The SMILES string of the molecule is Cc1ccc(COc2ccc(C=NNC(=O)CC(=O)Nc3ccc(F)cc3)cc2)cc1. The molecule has 0 heterocycles. The van der Waals surface area contributed by atoms with Crippen molar-refractivity contribution in [3.05, 3.63) is 95.3 Å². The number of rotatable bonds is 8. The van der Waals surface area contributed by atoms with Gasteiger partial charge in [-0.05, 0) is 66.6 Å². The molecule has 3 aromatic rings. The highest BCUT2D eigenvalue weighted by molar-refractivity contribution is 6.03. The van der Waals surface area contributed by atoms with Crippen LogP contribution in [0, 0.1) is 12.7 Å². The Morgan fingerprint density at radius 3 is 2.29 bits per heavy atom. The van der Waals surface area contributed by atoms with Crippen molar-refractivity contribution in [3.8, 4) is 5.75 Å². The fourth-order valence-corrected chi connectivity index (χ4v) is 2.60. The van der Waals surface area contributed by atoms with E-state index in [4.69, 9.17) is 4.74 Å². The predicted molar refractivity (Wildman–Crippen MR) is 117 cm³/mol. The lowest BCUT2D eigenvalue weighted by atomic mass is 10.2. The van der Waals surface area contributed by atoms with E-state index in [2.05, 4.69) is 15.8 Å². The molecule has 0 spiro atoms. The molecule has 0 aromatic heterocycles. The van der Waals surface area contributed by atoms with E-state index in [9.17, 15) is 14.0 Å². The lowest BCUT2D eigenvalue weighted by molar-refractivity contribution is -0.126. The van der Waals surface area contributed by atoms with Crippen LogP contribution in [-0.4, -0.2) is 18.0 Å². The van der Waals surface area contributed by atoms with Crippen molar-refractivity contribution in [3.63, 3.8) is 0 Å². The number of carbonyl (C=O) groups is 2. The number of hydrogen-bond donors (Lipinski definition) is 2. The second kappa shape index (κ2) is 10.7. The Labute approximate surface area is 179 Å². The number of halogens is 1. The Morgan fingerprint density at radius 1 is 0.935 bits per heavy atom. The zero-order valence-corrected chi connectivity index (χ0v) is 17.0. The maximum Gasteiger partial charge on any atom is 0.249 e. The van der Waals surface area contributed by atoms with E-state index >= 15 is 0 Å². The van der Waals surface area contributed by atoms with Gasteiger partial charge in [0.25, 0.3) is 0 Å². The topological polar surface area (TPSA) is 79.8 Å². The van der Waals surface area contributed by atoms with Gasteiger partial charge in [0, 0.05) is 5.69 Å². The van der Waals surface area contributed by atoms with Gasteiger partial charge in [-0.2, -0.15) is 5.10 Å². The summed E-state index contributed by atoms with van der Waals surface area (Å²) in [6, 6.07) is 20.6. The first-order valence-electron chi connectivity index (χ1n) is 9.64. The molecule has 3 rings (SSSR count). The Bertz CT molecular complexity index is 1050. The highest BCUT2D eigenvalue weighted by Crippen LogP contribution is 2.14. The van der Waals surface area contributed by atoms with E-state index in [0.717, 1.165) is 16.9 Å². The molecule has 0 aliphatic rings. The first-order chi connectivity index (χ1) is 15.0. The summed E-state index contributed by atoms with van der Waals surface area (Å²) in [6.07, 6.45) is 1.07. The monoisotopic (exact) mass is 419 g/mol. The van der Waals surface area contributed by atoms with Crippen molar-refractivity contribution in [1.29, 1.82) is 0 Å². The summed E-state index contributed by atoms with van der Waals surface area (Å²) < 4.78 is 18.6. The number of nitrogens with one attached hydrogen (secondary N) is 2. The van der Waals surface area contributed by atoms with Gasteiger partial charge in [-0.15, -0.1) is 0 Å². The summed E-state index contributed by atoms with van der Waals surface area (Å²) in [5, 5.41) is 6.36. The van der Waals surface area contributed by atoms with Gasteiger partial charge < -0.3 is 10.1 Å². The van der Waals surface area contributed by atoms with Gasteiger partial charge in [0.2, 0.25) is 11.8 Å². The van der Waals surface area contributed by atoms with E-state index in [0.29, 0.717) is 12.3 Å². The van der Waals surface area contributed by atoms with Crippen molar-refractivity contribution in [2.24, 2.45) is 5.10 Å². The number of hydrazone groups is 1. The molecule has 2 N–H and O–H groups in total. The fraction of sp³-hybridized carbons (Fsp3) is 0.125. The molecule has 2 amide bonds. The first-order valence-corrected chi connectivity index (χ1v) is 9.64. The summed E-state index contributed by atoms with van der Waals surface area (Å²) in [5.74, 6) is -0.765. The average Bonchev–Trinajstić information content (AvgIpc) is 2.76. The number of amides is 2. The van der Waals surface area contributed by atoms with Crippen molar-refractivity contribution < 1.29 is 18.7 Å². The molecular formula is C24H22FN3O3. The molecule has 0 bridgehead atoms. The Hall–Kier alpha value is -4.00. The number of anilines is 1. The second-order valence-corrected chi connectivity index (χ2v) is 6.87. The fourth-order valence-electron chi connectivity index (χ4n) is 2.60. The highest BCUT2D eigenvalue weighted by atomic mass is 19.1. The van der Waals surface area contributed by atoms with Crippen LogP contribution in [0.1, 0.15) is 23.1 Å². The smallest absolute Gasteiger partial charge is 0.249 e. The van der Waals surface area contributed by atoms with Crippen molar-refractivity contribution >= 4 is 23.7 Å². The molecule has 0 unspecified atom stereocenters. The van der Waals surface area contributed by atoms with Crippen LogP contribution in [0.4, 0.5) is 10.1 Å². The maximum atomic E-state index is 12.9. The first kappa shape index (κ1) is 21.7. The number of hydrogen-bond acceptors (Lipinski definition) is 4. The summed E-state index contributed by atoms with van der Waals surface area (Å²) >= 11 is 0. The van der Waals surface area contributed by atoms with Crippen LogP contribution >= 0.6 is 0 Å². The third-order valence-corrected chi connectivity index (χ3v) is 4.26. The molecule has 0 radical (unpaired) electrons. The minimum absolute atomic E-state index is 0.402. The zero-order chi connectivity index (χ0) is 22.1. The number of benzene rings is 3. The Morgan fingerprint density at radius 2 is 1.61 bits per heavy atom. The van der Waals surface area contributed by atoms with Crippen LogP contribution in [0.25, 0.3) is 0 Å². The minimum atomic E-state index is -0.561. The van der Waals surface area contributed by atoms with E-state index in [1.807, 2.05) is 43.3 Å². The van der Waals surface area contributed by atoms with Crippen LogP contribution in [0.5, 0.6) is 5.75 Å². The van der Waals surface area contributed by atoms with E-state index < -0.39 is 24.1 Å². The van der Waals surface area contributed by atoms with Crippen LogP contribution in [0.3, 0.4) is 0 Å². The quantitative estimate of drug-likeness (QED) is 0.326. The summed E-state index contributed by atoms with van der Waals surface area (Å²) in [7, 11) is 0.